The van der Waals surface area contributed by atoms with Crippen molar-refractivity contribution in [3.8, 4) is 0 Å². The van der Waals surface area contributed by atoms with Crippen LogP contribution in [0.2, 0.25) is 0 Å². The minimum absolute atomic E-state index is 0.115. The summed E-state index contributed by atoms with van der Waals surface area (Å²) in [6.07, 6.45) is 3.58. The average Bonchev–Trinajstić information content (AvgIpc) is 2.38. The lowest BCUT2D eigenvalue weighted by Crippen LogP contribution is -2.30. The predicted octanol–water partition coefficient (Wildman–Crippen LogP) is 2.82. The van der Waals surface area contributed by atoms with Gasteiger partial charge in [0.1, 0.15) is 0 Å². The van der Waals surface area contributed by atoms with E-state index in [4.69, 9.17) is 10.5 Å². The Hall–Kier alpha value is -1.71. The third-order valence-corrected chi connectivity index (χ3v) is 3.30. The summed E-state index contributed by atoms with van der Waals surface area (Å²) in [6.45, 7) is 5.76. The first-order valence-electron chi connectivity index (χ1n) is 6.93. The van der Waals surface area contributed by atoms with E-state index in [1.54, 1.807) is 12.1 Å². The lowest BCUT2D eigenvalue weighted by atomic mass is 10.1. The highest BCUT2D eigenvalue weighted by molar-refractivity contribution is 5.92. The van der Waals surface area contributed by atoms with Gasteiger partial charge < -0.3 is 15.4 Å². The van der Waals surface area contributed by atoms with Crippen LogP contribution in [-0.4, -0.2) is 25.2 Å². The van der Waals surface area contributed by atoms with E-state index in [0.717, 1.165) is 18.8 Å². The summed E-state index contributed by atoms with van der Waals surface area (Å²) in [5, 5.41) is 0. The number of nitrogens with zero attached hydrogens (tertiary/aromatic N) is 1. The van der Waals surface area contributed by atoms with Gasteiger partial charge in [-0.1, -0.05) is 0 Å². The van der Waals surface area contributed by atoms with E-state index in [0.29, 0.717) is 11.3 Å². The molecule has 1 saturated heterocycles. The molecule has 1 heterocycles. The monoisotopic (exact) mass is 262 g/mol. The van der Waals surface area contributed by atoms with Gasteiger partial charge in [-0.3, -0.25) is 0 Å². The molecule has 0 aromatic heterocycles. The van der Waals surface area contributed by atoms with E-state index >= 15 is 0 Å². The lowest BCUT2D eigenvalue weighted by molar-refractivity contribution is 0.0378. The maximum Gasteiger partial charge on any atom is 0.338 e. The number of rotatable bonds is 3. The quantitative estimate of drug-likeness (QED) is 0.672. The topological polar surface area (TPSA) is 55.6 Å². The summed E-state index contributed by atoms with van der Waals surface area (Å²) in [5.74, 6) is -0.313. The molecular weight excluding hydrogens is 240 g/mol. The molecular formula is C15H22N2O2. The van der Waals surface area contributed by atoms with Crippen molar-refractivity contribution in [2.75, 3.05) is 23.7 Å². The zero-order chi connectivity index (χ0) is 13.8. The maximum absolute atomic E-state index is 11.8. The third kappa shape index (κ3) is 3.40. The van der Waals surface area contributed by atoms with Crippen LogP contribution in [-0.2, 0) is 4.74 Å². The van der Waals surface area contributed by atoms with Gasteiger partial charge in [0.05, 0.1) is 23.0 Å². The van der Waals surface area contributed by atoms with Crippen LogP contribution in [0.4, 0.5) is 11.4 Å². The Morgan fingerprint density at radius 3 is 2.53 bits per heavy atom. The SMILES string of the molecule is CC(C)OC(=O)c1ccc(N2CCCCC2)c(N)c1. The Kier molecular flexibility index (Phi) is 4.30. The highest BCUT2D eigenvalue weighted by Gasteiger charge is 2.16. The third-order valence-electron chi connectivity index (χ3n) is 3.30. The molecule has 0 amide bonds. The Labute approximate surface area is 114 Å². The molecule has 0 aliphatic carbocycles. The van der Waals surface area contributed by atoms with Crippen molar-refractivity contribution in [3.05, 3.63) is 23.8 Å². The first kappa shape index (κ1) is 13.7. The van der Waals surface area contributed by atoms with Gasteiger partial charge in [0, 0.05) is 13.1 Å². The number of ether oxygens (including phenoxy) is 1. The van der Waals surface area contributed by atoms with Gasteiger partial charge in [0.25, 0.3) is 0 Å². The molecule has 2 N–H and O–H groups in total. The van der Waals surface area contributed by atoms with Crippen molar-refractivity contribution in [1.29, 1.82) is 0 Å². The summed E-state index contributed by atoms with van der Waals surface area (Å²) in [4.78, 5) is 14.1. The first-order chi connectivity index (χ1) is 9.08. The second-order valence-electron chi connectivity index (χ2n) is 5.28. The molecule has 1 aliphatic rings. The Morgan fingerprint density at radius 2 is 1.95 bits per heavy atom. The molecule has 1 aromatic rings. The molecule has 0 bridgehead atoms. The van der Waals surface area contributed by atoms with Crippen LogP contribution in [0.25, 0.3) is 0 Å². The van der Waals surface area contributed by atoms with Crippen LogP contribution in [0.3, 0.4) is 0 Å². The van der Waals surface area contributed by atoms with Gasteiger partial charge in [-0.2, -0.15) is 0 Å². The van der Waals surface area contributed by atoms with Gasteiger partial charge in [0.2, 0.25) is 0 Å². The summed E-state index contributed by atoms with van der Waals surface area (Å²) in [5.41, 5.74) is 8.27. The number of benzene rings is 1. The van der Waals surface area contributed by atoms with Crippen LogP contribution >= 0.6 is 0 Å². The second kappa shape index (κ2) is 5.95. The fourth-order valence-electron chi connectivity index (χ4n) is 2.39. The molecule has 1 aliphatic heterocycles. The number of hydrogen-bond donors (Lipinski definition) is 1. The lowest BCUT2D eigenvalue weighted by Gasteiger charge is -2.30. The van der Waals surface area contributed by atoms with Gasteiger partial charge >= 0.3 is 5.97 Å². The molecule has 2 rings (SSSR count). The molecule has 0 saturated carbocycles. The molecule has 1 fully saturated rings. The molecule has 0 unspecified atom stereocenters. The van der Waals surface area contributed by atoms with E-state index in [9.17, 15) is 4.79 Å². The summed E-state index contributed by atoms with van der Waals surface area (Å²) in [6, 6.07) is 5.44. The minimum atomic E-state index is -0.313. The van der Waals surface area contributed by atoms with Crippen molar-refractivity contribution in [3.63, 3.8) is 0 Å². The van der Waals surface area contributed by atoms with Gasteiger partial charge in [0.15, 0.2) is 0 Å². The number of nitrogen functional groups attached to an aromatic ring is 1. The molecule has 19 heavy (non-hydrogen) atoms. The van der Waals surface area contributed by atoms with Crippen LogP contribution < -0.4 is 10.6 Å². The number of carbonyl (C=O) groups is 1. The number of nitrogens with two attached hydrogens (primary N) is 1. The molecule has 4 heteroatoms. The van der Waals surface area contributed by atoms with Crippen LogP contribution in [0.15, 0.2) is 18.2 Å². The molecule has 104 valence electrons. The Balaban J connectivity index is 2.14. The van der Waals surface area contributed by atoms with Crippen molar-refractivity contribution in [2.24, 2.45) is 0 Å². The minimum Gasteiger partial charge on any atom is -0.459 e. The predicted molar refractivity (Wildman–Crippen MR) is 77.5 cm³/mol. The summed E-state index contributed by atoms with van der Waals surface area (Å²) in [7, 11) is 0. The molecule has 4 nitrogen and oxygen atoms in total. The number of hydrogen-bond acceptors (Lipinski definition) is 4. The Bertz CT molecular complexity index is 451. The summed E-state index contributed by atoms with van der Waals surface area (Å²) < 4.78 is 5.17. The van der Waals surface area contributed by atoms with Gasteiger partial charge in [-0.05, 0) is 51.3 Å². The highest BCUT2D eigenvalue weighted by Crippen LogP contribution is 2.27. The largest absolute Gasteiger partial charge is 0.459 e. The normalized spacial score (nSPS) is 15.6. The van der Waals surface area contributed by atoms with E-state index < -0.39 is 0 Å². The molecule has 0 radical (unpaired) electrons. The number of anilines is 2. The van der Waals surface area contributed by atoms with Crippen molar-refractivity contribution in [2.45, 2.75) is 39.2 Å². The van der Waals surface area contributed by atoms with E-state index in [-0.39, 0.29) is 12.1 Å². The zero-order valence-corrected chi connectivity index (χ0v) is 11.7. The van der Waals surface area contributed by atoms with Crippen LogP contribution in [0.5, 0.6) is 0 Å². The van der Waals surface area contributed by atoms with Crippen LogP contribution in [0, 0.1) is 0 Å². The van der Waals surface area contributed by atoms with Crippen molar-refractivity contribution in [1.82, 2.24) is 0 Å². The van der Waals surface area contributed by atoms with Crippen molar-refractivity contribution < 1.29 is 9.53 Å². The van der Waals surface area contributed by atoms with Gasteiger partial charge in [-0.25, -0.2) is 4.79 Å². The zero-order valence-electron chi connectivity index (χ0n) is 11.7. The number of piperidine rings is 1. The maximum atomic E-state index is 11.8. The van der Waals surface area contributed by atoms with Gasteiger partial charge in [-0.15, -0.1) is 0 Å². The van der Waals surface area contributed by atoms with E-state index in [1.807, 2.05) is 19.9 Å². The summed E-state index contributed by atoms with van der Waals surface area (Å²) >= 11 is 0. The van der Waals surface area contributed by atoms with E-state index in [1.165, 1.54) is 19.3 Å². The smallest absolute Gasteiger partial charge is 0.338 e. The fourth-order valence-corrected chi connectivity index (χ4v) is 2.39. The second-order valence-corrected chi connectivity index (χ2v) is 5.28. The molecule has 0 atom stereocenters. The number of carbonyl (C=O) groups excluding carboxylic acids is 1. The number of esters is 1. The van der Waals surface area contributed by atoms with Crippen molar-refractivity contribution >= 4 is 17.3 Å². The van der Waals surface area contributed by atoms with E-state index in [2.05, 4.69) is 4.90 Å². The first-order valence-corrected chi connectivity index (χ1v) is 6.93. The molecule has 0 spiro atoms. The average molecular weight is 262 g/mol. The Morgan fingerprint density at radius 1 is 1.26 bits per heavy atom. The molecule has 1 aromatic carbocycles. The fraction of sp³-hybridized carbons (Fsp3) is 0.533. The van der Waals surface area contributed by atoms with Crippen LogP contribution in [0.1, 0.15) is 43.5 Å². The highest BCUT2D eigenvalue weighted by atomic mass is 16.5. The standard InChI is InChI=1S/C15H22N2O2/c1-11(2)19-15(18)12-6-7-14(13(16)10-12)17-8-4-3-5-9-17/h6-7,10-11H,3-5,8-9,16H2,1-2H3.